The molecule has 0 unspecified atom stereocenters. The molecule has 0 N–H and O–H groups in total. The zero-order valence-corrected chi connectivity index (χ0v) is 8.84. The summed E-state index contributed by atoms with van der Waals surface area (Å²) in [5.41, 5.74) is 1.16. The number of hydrogen-bond acceptors (Lipinski definition) is 4. The quantitative estimate of drug-likeness (QED) is 0.738. The third-order valence-corrected chi connectivity index (χ3v) is 2.13. The Hall–Kier alpha value is -2.10. The van der Waals surface area contributed by atoms with E-state index >= 15 is 0 Å². The molecule has 2 aromatic rings. The summed E-state index contributed by atoms with van der Waals surface area (Å²) in [5, 5.41) is 3.72. The van der Waals surface area contributed by atoms with Gasteiger partial charge in [-0.25, -0.2) is 0 Å². The molecule has 0 saturated carbocycles. The lowest BCUT2D eigenvalue weighted by molar-refractivity contribution is 0.112. The van der Waals surface area contributed by atoms with Crippen molar-refractivity contribution >= 4 is 6.29 Å². The summed E-state index contributed by atoms with van der Waals surface area (Å²) in [6, 6.07) is 9.33. The summed E-state index contributed by atoms with van der Waals surface area (Å²) >= 11 is 0. The lowest BCUT2D eigenvalue weighted by atomic mass is 10.1. The highest BCUT2D eigenvalue weighted by Crippen LogP contribution is 2.28. The van der Waals surface area contributed by atoms with Crippen molar-refractivity contribution in [1.82, 2.24) is 5.16 Å². The number of hydrogen-bond donors (Lipinski definition) is 0. The Morgan fingerprint density at radius 2 is 2.12 bits per heavy atom. The average molecular weight is 217 g/mol. The van der Waals surface area contributed by atoms with E-state index in [-0.39, 0.29) is 5.88 Å². The Balaban J connectivity index is 2.46. The Morgan fingerprint density at radius 1 is 1.38 bits per heavy atom. The van der Waals surface area contributed by atoms with Gasteiger partial charge in [0, 0.05) is 5.56 Å². The Kier molecular flexibility index (Phi) is 3.00. The van der Waals surface area contributed by atoms with Crippen LogP contribution in [0, 0.1) is 0 Å². The van der Waals surface area contributed by atoms with Crippen molar-refractivity contribution in [3.05, 3.63) is 35.9 Å². The van der Waals surface area contributed by atoms with Gasteiger partial charge in [-0.3, -0.25) is 4.79 Å². The molecule has 16 heavy (non-hydrogen) atoms. The zero-order valence-electron chi connectivity index (χ0n) is 8.84. The minimum atomic E-state index is 0.247. The van der Waals surface area contributed by atoms with E-state index in [1.807, 2.05) is 37.3 Å². The molecule has 0 aliphatic heterocycles. The van der Waals surface area contributed by atoms with Crippen LogP contribution in [0.2, 0.25) is 0 Å². The van der Waals surface area contributed by atoms with Crippen LogP contribution >= 0.6 is 0 Å². The summed E-state index contributed by atoms with van der Waals surface area (Å²) in [7, 11) is 0. The highest BCUT2D eigenvalue weighted by atomic mass is 16.5. The van der Waals surface area contributed by atoms with Gasteiger partial charge in [-0.05, 0) is 12.1 Å². The number of aldehydes is 1. The predicted octanol–water partition coefficient (Wildman–Crippen LogP) is 2.55. The van der Waals surface area contributed by atoms with E-state index in [0.29, 0.717) is 24.2 Å². The van der Waals surface area contributed by atoms with Crippen LogP contribution in [0.4, 0.5) is 0 Å². The third kappa shape index (κ3) is 1.82. The molecule has 1 aromatic heterocycles. The summed E-state index contributed by atoms with van der Waals surface area (Å²) in [5.74, 6) is 0.690. The maximum atomic E-state index is 11.0. The van der Waals surface area contributed by atoms with Crippen molar-refractivity contribution in [2.24, 2.45) is 0 Å². The lowest BCUT2D eigenvalue weighted by Gasteiger charge is -1.97. The number of aromatic nitrogens is 1. The van der Waals surface area contributed by atoms with Crippen molar-refractivity contribution in [1.29, 1.82) is 0 Å². The van der Waals surface area contributed by atoms with Crippen LogP contribution in [-0.2, 0) is 0 Å². The zero-order chi connectivity index (χ0) is 11.4. The molecule has 0 aliphatic rings. The van der Waals surface area contributed by atoms with Crippen molar-refractivity contribution < 1.29 is 14.1 Å². The first-order valence-corrected chi connectivity index (χ1v) is 5.00. The number of carbonyl (C=O) groups excluding carboxylic acids is 1. The van der Waals surface area contributed by atoms with Crippen molar-refractivity contribution in [3.63, 3.8) is 0 Å². The van der Waals surface area contributed by atoms with Gasteiger partial charge in [0.1, 0.15) is 5.56 Å². The minimum Gasteiger partial charge on any atom is -0.475 e. The monoisotopic (exact) mass is 217 g/mol. The molecule has 4 nitrogen and oxygen atoms in total. The van der Waals surface area contributed by atoms with E-state index in [1.54, 1.807) is 0 Å². The van der Waals surface area contributed by atoms with Gasteiger partial charge in [0.15, 0.2) is 12.0 Å². The molecule has 0 bridgehead atoms. The summed E-state index contributed by atoms with van der Waals surface area (Å²) in [6.07, 6.45) is 0.698. The van der Waals surface area contributed by atoms with Crippen LogP contribution in [0.3, 0.4) is 0 Å². The second-order valence-corrected chi connectivity index (χ2v) is 3.15. The van der Waals surface area contributed by atoms with Crippen LogP contribution in [0.25, 0.3) is 11.3 Å². The molecule has 0 fully saturated rings. The Bertz CT molecular complexity index is 476. The largest absolute Gasteiger partial charge is 0.475 e. The SMILES string of the molecule is CCOc1noc(-c2ccccc2)c1C=O. The molecule has 2 rings (SSSR count). The number of nitrogens with zero attached hydrogens (tertiary/aromatic N) is 1. The van der Waals surface area contributed by atoms with E-state index < -0.39 is 0 Å². The van der Waals surface area contributed by atoms with Crippen molar-refractivity contribution in [2.75, 3.05) is 6.61 Å². The molecular weight excluding hydrogens is 206 g/mol. The number of rotatable bonds is 4. The highest BCUT2D eigenvalue weighted by molar-refractivity contribution is 5.87. The molecule has 1 heterocycles. The molecule has 0 radical (unpaired) electrons. The normalized spacial score (nSPS) is 10.1. The van der Waals surface area contributed by atoms with Gasteiger partial charge >= 0.3 is 0 Å². The first-order chi connectivity index (χ1) is 7.86. The van der Waals surface area contributed by atoms with Crippen LogP contribution in [0.15, 0.2) is 34.9 Å². The van der Waals surface area contributed by atoms with Gasteiger partial charge in [0.2, 0.25) is 0 Å². The minimum absolute atomic E-state index is 0.247. The molecule has 4 heteroatoms. The Morgan fingerprint density at radius 3 is 2.75 bits per heavy atom. The van der Waals surface area contributed by atoms with Gasteiger partial charge in [0.05, 0.1) is 6.61 Å². The maximum Gasteiger partial charge on any atom is 0.265 e. The van der Waals surface area contributed by atoms with E-state index in [1.165, 1.54) is 0 Å². The second kappa shape index (κ2) is 4.61. The topological polar surface area (TPSA) is 52.3 Å². The molecule has 0 spiro atoms. The fraction of sp³-hybridized carbons (Fsp3) is 0.167. The first-order valence-electron chi connectivity index (χ1n) is 5.00. The van der Waals surface area contributed by atoms with Gasteiger partial charge in [-0.1, -0.05) is 30.3 Å². The van der Waals surface area contributed by atoms with Crippen LogP contribution in [0.5, 0.6) is 5.88 Å². The van der Waals surface area contributed by atoms with E-state index in [9.17, 15) is 4.79 Å². The second-order valence-electron chi connectivity index (χ2n) is 3.15. The maximum absolute atomic E-state index is 11.0. The van der Waals surface area contributed by atoms with Crippen LogP contribution in [0.1, 0.15) is 17.3 Å². The molecule has 0 saturated heterocycles. The summed E-state index contributed by atoms with van der Waals surface area (Å²) in [6.45, 7) is 2.27. The van der Waals surface area contributed by atoms with Gasteiger partial charge < -0.3 is 9.26 Å². The molecule has 82 valence electrons. The molecule has 0 amide bonds. The van der Waals surface area contributed by atoms with E-state index in [0.717, 1.165) is 5.56 Å². The van der Waals surface area contributed by atoms with Gasteiger partial charge in [0.25, 0.3) is 5.88 Å². The van der Waals surface area contributed by atoms with Gasteiger partial charge in [-0.15, -0.1) is 0 Å². The van der Waals surface area contributed by atoms with E-state index in [2.05, 4.69) is 5.16 Å². The summed E-state index contributed by atoms with van der Waals surface area (Å²) < 4.78 is 10.3. The average Bonchev–Trinajstić information content (AvgIpc) is 2.73. The van der Waals surface area contributed by atoms with Crippen molar-refractivity contribution in [2.45, 2.75) is 6.92 Å². The molecule has 1 aromatic carbocycles. The molecule has 0 atom stereocenters. The predicted molar refractivity (Wildman–Crippen MR) is 58.5 cm³/mol. The first kappa shape index (κ1) is 10.4. The fourth-order valence-corrected chi connectivity index (χ4v) is 1.43. The van der Waals surface area contributed by atoms with Gasteiger partial charge in [-0.2, -0.15) is 0 Å². The van der Waals surface area contributed by atoms with Crippen molar-refractivity contribution in [3.8, 4) is 17.2 Å². The molecular formula is C12H11NO3. The Labute approximate surface area is 92.8 Å². The number of ether oxygens (including phenoxy) is 1. The molecule has 0 aliphatic carbocycles. The lowest BCUT2D eigenvalue weighted by Crippen LogP contribution is -1.94. The number of benzene rings is 1. The smallest absolute Gasteiger partial charge is 0.265 e. The highest BCUT2D eigenvalue weighted by Gasteiger charge is 2.17. The standard InChI is InChI=1S/C12H11NO3/c1-2-15-12-10(8-14)11(16-13-12)9-6-4-3-5-7-9/h3-8H,2H2,1H3. The van der Waals surface area contributed by atoms with Crippen LogP contribution in [-0.4, -0.2) is 18.0 Å². The summed E-state index contributed by atoms with van der Waals surface area (Å²) in [4.78, 5) is 11.0. The number of carbonyl (C=O) groups is 1. The third-order valence-electron chi connectivity index (χ3n) is 2.13. The van der Waals surface area contributed by atoms with E-state index in [4.69, 9.17) is 9.26 Å². The fourth-order valence-electron chi connectivity index (χ4n) is 1.43. The van der Waals surface area contributed by atoms with Crippen LogP contribution < -0.4 is 4.74 Å².